The monoisotopic (exact) mass is 254 g/mol. The first-order chi connectivity index (χ1) is 8.41. The van der Waals surface area contributed by atoms with E-state index in [1.807, 2.05) is 0 Å². The molecule has 10 heteroatoms. The van der Waals surface area contributed by atoms with Gasteiger partial charge >= 0.3 is 11.7 Å². The van der Waals surface area contributed by atoms with E-state index in [0.29, 0.717) is 6.21 Å². The van der Waals surface area contributed by atoms with Crippen LogP contribution in [0.2, 0.25) is 0 Å². The highest BCUT2D eigenvalue weighted by molar-refractivity contribution is 6.22. The number of rotatable bonds is 5. The molecule has 0 bridgehead atoms. The number of non-ortho nitro benzene ring substituents is 1. The highest BCUT2D eigenvalue weighted by atomic mass is 16.6. The maximum atomic E-state index is 10.7. The summed E-state index contributed by atoms with van der Waals surface area (Å²) in [5.41, 5.74) is 0.940. The zero-order valence-electron chi connectivity index (χ0n) is 8.64. The highest BCUT2D eigenvalue weighted by Crippen LogP contribution is 2.28. The van der Waals surface area contributed by atoms with Crippen molar-refractivity contribution in [1.82, 2.24) is 0 Å². The number of nitro benzene ring substituents is 2. The van der Waals surface area contributed by atoms with Gasteiger partial charge < -0.3 is 5.11 Å². The van der Waals surface area contributed by atoms with Gasteiger partial charge in [-0.15, -0.1) is 0 Å². The van der Waals surface area contributed by atoms with E-state index in [0.717, 1.165) is 18.2 Å². The summed E-state index contributed by atoms with van der Waals surface area (Å²) >= 11 is 0. The van der Waals surface area contributed by atoms with E-state index in [2.05, 4.69) is 10.5 Å². The number of benzene rings is 1. The van der Waals surface area contributed by atoms with Crippen LogP contribution in [0.3, 0.4) is 0 Å². The molecule has 94 valence electrons. The van der Waals surface area contributed by atoms with Crippen molar-refractivity contribution in [2.45, 2.75) is 0 Å². The Labute approximate surface area is 98.8 Å². The van der Waals surface area contributed by atoms with Crippen molar-refractivity contribution < 1.29 is 19.7 Å². The first-order valence-corrected chi connectivity index (χ1v) is 4.36. The lowest BCUT2D eigenvalue weighted by molar-refractivity contribution is -0.393. The zero-order valence-corrected chi connectivity index (χ0v) is 8.64. The smallest absolute Gasteiger partial charge is 0.348 e. The first-order valence-electron chi connectivity index (χ1n) is 4.36. The largest absolute Gasteiger partial charge is 0.477 e. The average molecular weight is 254 g/mol. The first kappa shape index (κ1) is 13.0. The molecule has 1 aromatic rings. The van der Waals surface area contributed by atoms with Crippen molar-refractivity contribution in [2.75, 3.05) is 5.43 Å². The molecule has 0 atom stereocenters. The summed E-state index contributed by atoms with van der Waals surface area (Å²) in [6, 6.07) is 2.85. The standard InChI is InChI=1S/C8H6N4O6/c13-8(14)4-9-10-6-2-1-5(11(15)16)3-7(6)12(17)18/h1-4,10H,(H,13,14)/b9-4+. The van der Waals surface area contributed by atoms with Crippen molar-refractivity contribution in [3.05, 3.63) is 38.4 Å². The number of aliphatic carboxylic acids is 1. The minimum Gasteiger partial charge on any atom is -0.477 e. The summed E-state index contributed by atoms with van der Waals surface area (Å²) in [6.07, 6.45) is 0.491. The van der Waals surface area contributed by atoms with Crippen molar-refractivity contribution in [3.8, 4) is 0 Å². The number of hydrogen-bond acceptors (Lipinski definition) is 7. The fourth-order valence-electron chi connectivity index (χ4n) is 1.04. The SMILES string of the molecule is O=C(O)/C=N/Nc1ccc([N+](=O)[O-])cc1[N+](=O)[O-]. The second-order valence-corrected chi connectivity index (χ2v) is 2.92. The molecule has 10 nitrogen and oxygen atoms in total. The molecule has 0 radical (unpaired) electrons. The van der Waals surface area contributed by atoms with Crippen molar-refractivity contribution in [2.24, 2.45) is 5.10 Å². The predicted octanol–water partition coefficient (Wildman–Crippen LogP) is 0.985. The topological polar surface area (TPSA) is 148 Å². The Morgan fingerprint density at radius 3 is 2.50 bits per heavy atom. The molecular weight excluding hydrogens is 248 g/mol. The number of nitrogens with zero attached hydrogens (tertiary/aromatic N) is 3. The lowest BCUT2D eigenvalue weighted by atomic mass is 10.2. The molecule has 2 N–H and O–H groups in total. The van der Waals surface area contributed by atoms with E-state index in [-0.39, 0.29) is 5.69 Å². The normalized spacial score (nSPS) is 10.2. The van der Waals surface area contributed by atoms with Gasteiger partial charge in [-0.1, -0.05) is 0 Å². The number of carbonyl (C=O) groups is 1. The third-order valence-electron chi connectivity index (χ3n) is 1.75. The Balaban J connectivity index is 3.08. The zero-order chi connectivity index (χ0) is 13.7. The molecule has 0 heterocycles. The number of nitro groups is 2. The molecule has 1 aromatic carbocycles. The Bertz CT molecular complexity index is 540. The molecule has 0 amide bonds. The van der Waals surface area contributed by atoms with Crippen LogP contribution < -0.4 is 5.43 Å². The second kappa shape index (κ2) is 5.34. The molecule has 0 saturated carbocycles. The molecule has 0 aromatic heterocycles. The molecule has 0 aliphatic heterocycles. The number of hydrazone groups is 1. The van der Waals surface area contributed by atoms with E-state index >= 15 is 0 Å². The van der Waals surface area contributed by atoms with Gasteiger partial charge in [-0.3, -0.25) is 25.7 Å². The Hall–Kier alpha value is -3.04. The van der Waals surface area contributed by atoms with Gasteiger partial charge in [0, 0.05) is 6.07 Å². The fraction of sp³-hybridized carbons (Fsp3) is 0. The number of carboxylic acids is 1. The van der Waals surface area contributed by atoms with Gasteiger partial charge in [0.1, 0.15) is 11.9 Å². The maximum Gasteiger partial charge on any atom is 0.348 e. The lowest BCUT2D eigenvalue weighted by Crippen LogP contribution is -2.01. The van der Waals surface area contributed by atoms with Gasteiger partial charge in [-0.05, 0) is 6.07 Å². The van der Waals surface area contributed by atoms with Gasteiger partial charge in [-0.2, -0.15) is 5.10 Å². The Kier molecular flexibility index (Phi) is 3.86. The average Bonchev–Trinajstić information content (AvgIpc) is 2.28. The molecule has 0 spiro atoms. The number of anilines is 1. The summed E-state index contributed by atoms with van der Waals surface area (Å²) in [5.74, 6) is -1.34. The van der Waals surface area contributed by atoms with Crippen LogP contribution in [0, 0.1) is 20.2 Å². The predicted molar refractivity (Wildman–Crippen MR) is 59.5 cm³/mol. The molecule has 1 rings (SSSR count). The Morgan fingerprint density at radius 1 is 1.33 bits per heavy atom. The molecule has 0 fully saturated rings. The highest BCUT2D eigenvalue weighted by Gasteiger charge is 2.18. The van der Waals surface area contributed by atoms with Crippen molar-refractivity contribution >= 4 is 29.2 Å². The minimum absolute atomic E-state index is 0.150. The lowest BCUT2D eigenvalue weighted by Gasteiger charge is -2.01. The van der Waals surface area contributed by atoms with E-state index in [1.165, 1.54) is 0 Å². The molecule has 18 heavy (non-hydrogen) atoms. The summed E-state index contributed by atoms with van der Waals surface area (Å²) in [4.78, 5) is 29.6. The van der Waals surface area contributed by atoms with Crippen LogP contribution in [-0.2, 0) is 4.79 Å². The van der Waals surface area contributed by atoms with Gasteiger partial charge in [0.2, 0.25) is 0 Å². The summed E-state index contributed by atoms with van der Waals surface area (Å²) < 4.78 is 0. The molecule has 0 unspecified atom stereocenters. The molecule has 0 aliphatic carbocycles. The third kappa shape index (κ3) is 3.23. The number of hydrogen-bond donors (Lipinski definition) is 2. The fourth-order valence-corrected chi connectivity index (χ4v) is 1.04. The second-order valence-electron chi connectivity index (χ2n) is 2.92. The van der Waals surface area contributed by atoms with Gasteiger partial charge in [0.25, 0.3) is 5.69 Å². The van der Waals surface area contributed by atoms with Crippen LogP contribution >= 0.6 is 0 Å². The van der Waals surface area contributed by atoms with Crippen LogP contribution in [0.1, 0.15) is 0 Å². The molecular formula is C8H6N4O6. The summed E-state index contributed by atoms with van der Waals surface area (Å²) in [5, 5.41) is 32.6. The Morgan fingerprint density at radius 2 is 2.00 bits per heavy atom. The third-order valence-corrected chi connectivity index (χ3v) is 1.75. The quantitative estimate of drug-likeness (QED) is 0.452. The molecule has 0 aliphatic rings. The van der Waals surface area contributed by atoms with Crippen LogP contribution in [0.15, 0.2) is 23.3 Å². The summed E-state index contributed by atoms with van der Waals surface area (Å²) in [6.45, 7) is 0. The minimum atomic E-state index is -1.34. The van der Waals surface area contributed by atoms with Crippen molar-refractivity contribution in [3.63, 3.8) is 0 Å². The maximum absolute atomic E-state index is 10.7. The van der Waals surface area contributed by atoms with Crippen LogP contribution in [-0.4, -0.2) is 27.1 Å². The summed E-state index contributed by atoms with van der Waals surface area (Å²) in [7, 11) is 0. The van der Waals surface area contributed by atoms with Gasteiger partial charge in [0.05, 0.1) is 15.9 Å². The van der Waals surface area contributed by atoms with E-state index in [4.69, 9.17) is 5.11 Å². The number of carboxylic acid groups (broad SMARTS) is 1. The van der Waals surface area contributed by atoms with Crippen LogP contribution in [0.4, 0.5) is 17.1 Å². The van der Waals surface area contributed by atoms with Crippen LogP contribution in [0.5, 0.6) is 0 Å². The van der Waals surface area contributed by atoms with E-state index < -0.39 is 27.2 Å². The van der Waals surface area contributed by atoms with E-state index in [9.17, 15) is 25.0 Å². The van der Waals surface area contributed by atoms with Crippen molar-refractivity contribution in [1.29, 1.82) is 0 Å². The van der Waals surface area contributed by atoms with Gasteiger partial charge in [-0.25, -0.2) is 4.79 Å². The van der Waals surface area contributed by atoms with Gasteiger partial charge in [0.15, 0.2) is 0 Å². The molecule has 0 saturated heterocycles. The number of nitrogens with one attached hydrogen (secondary N) is 1. The van der Waals surface area contributed by atoms with E-state index in [1.54, 1.807) is 0 Å². The van der Waals surface area contributed by atoms with Crippen LogP contribution in [0.25, 0.3) is 0 Å².